The summed E-state index contributed by atoms with van der Waals surface area (Å²) in [7, 11) is 0. The Morgan fingerprint density at radius 1 is 1.48 bits per heavy atom. The summed E-state index contributed by atoms with van der Waals surface area (Å²) in [4.78, 5) is 18.6. The number of rotatable bonds is 5. The fraction of sp³-hybridized carbons (Fsp3) is 0.312. The maximum atomic E-state index is 12.1. The molecule has 7 heteroatoms. The van der Waals surface area contributed by atoms with Crippen molar-refractivity contribution in [3.63, 3.8) is 0 Å². The van der Waals surface area contributed by atoms with Crippen molar-refractivity contribution in [1.82, 2.24) is 10.1 Å². The predicted octanol–water partition coefficient (Wildman–Crippen LogP) is 4.82. The van der Waals surface area contributed by atoms with E-state index in [1.165, 1.54) is 11.3 Å². The SMILES string of the molecule is CC[C@H](C)C(=O)Nc1nc(-c2cccs2)c(-c2cc(C)no2)s1. The van der Waals surface area contributed by atoms with Crippen LogP contribution in [0.3, 0.4) is 0 Å². The Morgan fingerprint density at radius 3 is 2.91 bits per heavy atom. The Kier molecular flexibility index (Phi) is 4.58. The van der Waals surface area contributed by atoms with Crippen LogP contribution in [0.15, 0.2) is 28.1 Å². The molecular formula is C16H17N3O2S2. The third kappa shape index (κ3) is 3.35. The van der Waals surface area contributed by atoms with E-state index in [4.69, 9.17) is 4.52 Å². The lowest BCUT2D eigenvalue weighted by Gasteiger charge is -2.06. The van der Waals surface area contributed by atoms with E-state index in [0.717, 1.165) is 27.6 Å². The highest BCUT2D eigenvalue weighted by molar-refractivity contribution is 7.20. The summed E-state index contributed by atoms with van der Waals surface area (Å²) in [6.07, 6.45) is 0.795. The predicted molar refractivity (Wildman–Crippen MR) is 93.7 cm³/mol. The van der Waals surface area contributed by atoms with E-state index >= 15 is 0 Å². The van der Waals surface area contributed by atoms with Crippen LogP contribution in [-0.2, 0) is 4.79 Å². The number of thiophene rings is 1. The van der Waals surface area contributed by atoms with Gasteiger partial charge in [-0.3, -0.25) is 4.79 Å². The van der Waals surface area contributed by atoms with Gasteiger partial charge in [0.05, 0.1) is 10.6 Å². The number of nitrogens with one attached hydrogen (secondary N) is 1. The highest BCUT2D eigenvalue weighted by Crippen LogP contribution is 2.40. The zero-order valence-electron chi connectivity index (χ0n) is 13.1. The molecule has 0 aromatic carbocycles. The van der Waals surface area contributed by atoms with Gasteiger partial charge in [0.1, 0.15) is 10.6 Å². The maximum Gasteiger partial charge on any atom is 0.228 e. The molecule has 0 aliphatic rings. The number of aromatic nitrogens is 2. The molecule has 0 fully saturated rings. The first-order valence-corrected chi connectivity index (χ1v) is 9.07. The number of aryl methyl sites for hydroxylation is 1. The minimum atomic E-state index is -0.0416. The third-order valence-electron chi connectivity index (χ3n) is 3.52. The highest BCUT2D eigenvalue weighted by atomic mass is 32.1. The van der Waals surface area contributed by atoms with Gasteiger partial charge in [-0.1, -0.05) is 36.4 Å². The maximum absolute atomic E-state index is 12.1. The smallest absolute Gasteiger partial charge is 0.228 e. The van der Waals surface area contributed by atoms with E-state index in [2.05, 4.69) is 15.5 Å². The standard InChI is InChI=1S/C16H17N3O2S2/c1-4-9(2)15(20)18-16-17-13(12-6-5-7-22-12)14(23-16)11-8-10(3)19-21-11/h5-9H,4H2,1-3H3,(H,17,18,20)/t9-/m0/s1. The first-order chi connectivity index (χ1) is 11.1. The molecule has 0 aliphatic heterocycles. The van der Waals surface area contributed by atoms with Gasteiger partial charge < -0.3 is 9.84 Å². The van der Waals surface area contributed by atoms with Crippen molar-refractivity contribution < 1.29 is 9.32 Å². The minimum absolute atomic E-state index is 0.0146. The molecule has 0 spiro atoms. The van der Waals surface area contributed by atoms with Crippen molar-refractivity contribution >= 4 is 33.7 Å². The lowest BCUT2D eigenvalue weighted by atomic mass is 10.1. The van der Waals surface area contributed by atoms with Crippen molar-refractivity contribution in [2.24, 2.45) is 5.92 Å². The van der Waals surface area contributed by atoms with Crippen LogP contribution in [0.2, 0.25) is 0 Å². The molecule has 5 nitrogen and oxygen atoms in total. The van der Waals surface area contributed by atoms with Gasteiger partial charge in [-0.2, -0.15) is 0 Å². The average molecular weight is 347 g/mol. The molecule has 1 amide bonds. The minimum Gasteiger partial charge on any atom is -0.355 e. The largest absolute Gasteiger partial charge is 0.355 e. The molecule has 0 aliphatic carbocycles. The van der Waals surface area contributed by atoms with Crippen LogP contribution in [0.5, 0.6) is 0 Å². The monoisotopic (exact) mass is 347 g/mol. The Bertz CT molecular complexity index is 805. The molecule has 3 aromatic heterocycles. The molecule has 1 atom stereocenters. The van der Waals surface area contributed by atoms with E-state index < -0.39 is 0 Å². The van der Waals surface area contributed by atoms with Gasteiger partial charge in [-0.25, -0.2) is 4.98 Å². The number of hydrogen-bond donors (Lipinski definition) is 1. The lowest BCUT2D eigenvalue weighted by molar-refractivity contribution is -0.119. The summed E-state index contributed by atoms with van der Waals surface area (Å²) in [5, 5.41) is 9.44. The van der Waals surface area contributed by atoms with Crippen molar-refractivity contribution in [3.05, 3.63) is 29.3 Å². The summed E-state index contributed by atoms with van der Waals surface area (Å²) in [5.74, 6) is 0.617. The molecule has 0 bridgehead atoms. The first kappa shape index (κ1) is 15.9. The average Bonchev–Trinajstić information content (AvgIpc) is 3.25. The second-order valence-electron chi connectivity index (χ2n) is 5.31. The van der Waals surface area contributed by atoms with Gasteiger partial charge in [0, 0.05) is 12.0 Å². The lowest BCUT2D eigenvalue weighted by Crippen LogP contribution is -2.19. The number of amides is 1. The Morgan fingerprint density at radius 2 is 2.30 bits per heavy atom. The fourth-order valence-electron chi connectivity index (χ4n) is 2.01. The number of carbonyl (C=O) groups excluding carboxylic acids is 1. The summed E-state index contributed by atoms with van der Waals surface area (Å²) in [5.41, 5.74) is 1.64. The van der Waals surface area contributed by atoms with Crippen LogP contribution in [0.1, 0.15) is 26.0 Å². The van der Waals surface area contributed by atoms with Crippen molar-refractivity contribution in [3.8, 4) is 21.2 Å². The van der Waals surface area contributed by atoms with Crippen LogP contribution in [0, 0.1) is 12.8 Å². The molecule has 0 saturated carbocycles. The van der Waals surface area contributed by atoms with Crippen molar-refractivity contribution in [2.45, 2.75) is 27.2 Å². The molecule has 23 heavy (non-hydrogen) atoms. The van der Waals surface area contributed by atoms with Gasteiger partial charge in [0.2, 0.25) is 5.91 Å². The van der Waals surface area contributed by atoms with Gasteiger partial charge in [0.15, 0.2) is 10.9 Å². The topological polar surface area (TPSA) is 68.0 Å². The molecule has 3 rings (SSSR count). The normalized spacial score (nSPS) is 12.3. The summed E-state index contributed by atoms with van der Waals surface area (Å²) in [6.45, 7) is 5.78. The summed E-state index contributed by atoms with van der Waals surface area (Å²) in [6, 6.07) is 5.86. The molecule has 120 valence electrons. The van der Waals surface area contributed by atoms with E-state index in [-0.39, 0.29) is 11.8 Å². The van der Waals surface area contributed by atoms with E-state index in [0.29, 0.717) is 10.9 Å². The van der Waals surface area contributed by atoms with Crippen LogP contribution in [0.4, 0.5) is 5.13 Å². The zero-order valence-corrected chi connectivity index (χ0v) is 14.8. The van der Waals surface area contributed by atoms with Gasteiger partial charge in [-0.05, 0) is 24.8 Å². The van der Waals surface area contributed by atoms with E-state index in [1.807, 2.05) is 44.4 Å². The molecular weight excluding hydrogens is 330 g/mol. The number of hydrogen-bond acceptors (Lipinski definition) is 6. The number of anilines is 1. The van der Waals surface area contributed by atoms with Crippen molar-refractivity contribution in [1.29, 1.82) is 0 Å². The number of nitrogens with zero attached hydrogens (tertiary/aromatic N) is 2. The molecule has 3 heterocycles. The highest BCUT2D eigenvalue weighted by Gasteiger charge is 2.21. The number of thiazole rings is 1. The molecule has 1 N–H and O–H groups in total. The third-order valence-corrected chi connectivity index (χ3v) is 5.39. The van der Waals surface area contributed by atoms with Crippen LogP contribution >= 0.6 is 22.7 Å². The van der Waals surface area contributed by atoms with Crippen LogP contribution in [-0.4, -0.2) is 16.0 Å². The summed E-state index contributed by atoms with van der Waals surface area (Å²) >= 11 is 3.01. The summed E-state index contributed by atoms with van der Waals surface area (Å²) < 4.78 is 5.39. The van der Waals surface area contributed by atoms with Gasteiger partial charge in [-0.15, -0.1) is 11.3 Å². The van der Waals surface area contributed by atoms with Crippen LogP contribution < -0.4 is 5.32 Å². The van der Waals surface area contributed by atoms with Crippen molar-refractivity contribution in [2.75, 3.05) is 5.32 Å². The van der Waals surface area contributed by atoms with Gasteiger partial charge in [0.25, 0.3) is 0 Å². The molecule has 0 saturated heterocycles. The van der Waals surface area contributed by atoms with E-state index in [1.54, 1.807) is 11.3 Å². The molecule has 3 aromatic rings. The van der Waals surface area contributed by atoms with Gasteiger partial charge >= 0.3 is 0 Å². The number of carbonyl (C=O) groups is 1. The Balaban J connectivity index is 1.99. The molecule has 0 unspecified atom stereocenters. The van der Waals surface area contributed by atoms with E-state index in [9.17, 15) is 4.79 Å². The fourth-order valence-corrected chi connectivity index (χ4v) is 3.72. The Labute approximate surface area is 142 Å². The second-order valence-corrected chi connectivity index (χ2v) is 7.25. The molecule has 0 radical (unpaired) electrons. The van der Waals surface area contributed by atoms with Crippen LogP contribution in [0.25, 0.3) is 21.2 Å². The quantitative estimate of drug-likeness (QED) is 0.718. The zero-order chi connectivity index (χ0) is 16.4. The Hall–Kier alpha value is -1.99. The first-order valence-electron chi connectivity index (χ1n) is 7.37. The second kappa shape index (κ2) is 6.64.